The third kappa shape index (κ3) is 4.06. The topological polar surface area (TPSA) is 66.7 Å². The van der Waals surface area contributed by atoms with Crippen molar-refractivity contribution in [3.05, 3.63) is 63.7 Å². The van der Waals surface area contributed by atoms with E-state index in [1.807, 2.05) is 30.0 Å². The number of rotatable bonds is 5. The standard InChI is InChI=1S/C20H22ClN3O3/c1-2-23(17-8-4-3-7-16(17)21)20(25)15-11-13-22(14-12-15)18-9-5-6-10-19(18)24(26)27/h3-10,15H,2,11-14H2,1H3. The number of nitrogens with zero attached hydrogens (tertiary/aromatic N) is 3. The number of carbonyl (C=O) groups excluding carboxylic acids is 1. The highest BCUT2D eigenvalue weighted by atomic mass is 35.5. The van der Waals surface area contributed by atoms with Gasteiger partial charge >= 0.3 is 0 Å². The fraction of sp³-hybridized carbons (Fsp3) is 0.350. The number of benzene rings is 2. The van der Waals surface area contributed by atoms with Crippen LogP contribution in [-0.4, -0.2) is 30.5 Å². The number of hydrogen-bond acceptors (Lipinski definition) is 4. The molecule has 1 amide bonds. The van der Waals surface area contributed by atoms with Gasteiger partial charge in [0.05, 0.1) is 15.6 Å². The number of piperidine rings is 1. The second-order valence-corrected chi connectivity index (χ2v) is 6.95. The second kappa shape index (κ2) is 8.39. The minimum absolute atomic E-state index is 0.0628. The van der Waals surface area contributed by atoms with Crippen LogP contribution in [-0.2, 0) is 4.79 Å². The zero-order valence-electron chi connectivity index (χ0n) is 15.2. The average Bonchev–Trinajstić information content (AvgIpc) is 2.70. The lowest BCUT2D eigenvalue weighted by molar-refractivity contribution is -0.384. The number of para-hydroxylation sites is 3. The highest BCUT2D eigenvalue weighted by Crippen LogP contribution is 2.33. The molecule has 0 aromatic heterocycles. The first-order chi connectivity index (χ1) is 13.0. The normalized spacial score (nSPS) is 14.8. The Hall–Kier alpha value is -2.60. The third-order valence-electron chi connectivity index (χ3n) is 4.99. The molecule has 1 saturated heterocycles. The number of halogens is 1. The van der Waals surface area contributed by atoms with E-state index >= 15 is 0 Å². The third-order valence-corrected chi connectivity index (χ3v) is 5.31. The summed E-state index contributed by atoms with van der Waals surface area (Å²) < 4.78 is 0. The van der Waals surface area contributed by atoms with E-state index in [-0.39, 0.29) is 22.4 Å². The summed E-state index contributed by atoms with van der Waals surface area (Å²) in [4.78, 5) is 27.7. The number of anilines is 2. The zero-order chi connectivity index (χ0) is 19.4. The van der Waals surface area contributed by atoms with Crippen LogP contribution in [0.5, 0.6) is 0 Å². The van der Waals surface area contributed by atoms with Gasteiger partial charge in [-0.1, -0.05) is 35.9 Å². The molecule has 27 heavy (non-hydrogen) atoms. The molecule has 1 aliphatic rings. The van der Waals surface area contributed by atoms with Gasteiger partial charge in [-0.15, -0.1) is 0 Å². The Kier molecular flexibility index (Phi) is 5.96. The minimum atomic E-state index is -0.358. The second-order valence-electron chi connectivity index (χ2n) is 6.54. The van der Waals surface area contributed by atoms with Gasteiger partial charge in [0.2, 0.25) is 5.91 Å². The molecule has 142 valence electrons. The van der Waals surface area contributed by atoms with Crippen LogP contribution in [0.1, 0.15) is 19.8 Å². The molecule has 1 heterocycles. The smallest absolute Gasteiger partial charge is 0.292 e. The fourth-order valence-electron chi connectivity index (χ4n) is 3.59. The highest BCUT2D eigenvalue weighted by Gasteiger charge is 2.31. The largest absolute Gasteiger partial charge is 0.366 e. The summed E-state index contributed by atoms with van der Waals surface area (Å²) in [5, 5.41) is 11.8. The molecule has 0 bridgehead atoms. The highest BCUT2D eigenvalue weighted by molar-refractivity contribution is 6.33. The lowest BCUT2D eigenvalue weighted by Crippen LogP contribution is -2.43. The van der Waals surface area contributed by atoms with Crippen LogP contribution in [0.4, 0.5) is 17.1 Å². The van der Waals surface area contributed by atoms with Gasteiger partial charge < -0.3 is 9.80 Å². The number of amides is 1. The van der Waals surface area contributed by atoms with E-state index in [1.54, 1.807) is 29.2 Å². The maximum atomic E-state index is 13.0. The van der Waals surface area contributed by atoms with Crippen LogP contribution < -0.4 is 9.80 Å². The van der Waals surface area contributed by atoms with E-state index in [2.05, 4.69) is 0 Å². The molecule has 1 aliphatic heterocycles. The molecule has 2 aromatic rings. The van der Waals surface area contributed by atoms with Crippen molar-refractivity contribution in [2.75, 3.05) is 29.4 Å². The monoisotopic (exact) mass is 387 g/mol. The first kappa shape index (κ1) is 19.2. The Morgan fingerprint density at radius 2 is 1.81 bits per heavy atom. The molecule has 2 aromatic carbocycles. The Morgan fingerprint density at radius 1 is 1.19 bits per heavy atom. The molecule has 3 rings (SSSR count). The predicted octanol–water partition coefficient (Wildman–Crippen LogP) is 4.52. The van der Waals surface area contributed by atoms with Crippen molar-refractivity contribution in [1.82, 2.24) is 0 Å². The summed E-state index contributed by atoms with van der Waals surface area (Å²) in [7, 11) is 0. The SMILES string of the molecule is CCN(C(=O)C1CCN(c2ccccc2[N+](=O)[O-])CC1)c1ccccc1Cl. The summed E-state index contributed by atoms with van der Waals surface area (Å²) in [5.41, 5.74) is 1.45. The van der Waals surface area contributed by atoms with Gasteiger partial charge in [0.25, 0.3) is 5.69 Å². The maximum Gasteiger partial charge on any atom is 0.292 e. The van der Waals surface area contributed by atoms with Gasteiger partial charge in [0.15, 0.2) is 0 Å². The molecule has 0 N–H and O–H groups in total. The Morgan fingerprint density at radius 3 is 2.44 bits per heavy atom. The van der Waals surface area contributed by atoms with E-state index in [0.717, 1.165) is 5.69 Å². The Balaban J connectivity index is 1.71. The Bertz CT molecular complexity index is 835. The van der Waals surface area contributed by atoms with E-state index < -0.39 is 0 Å². The zero-order valence-corrected chi connectivity index (χ0v) is 15.9. The lowest BCUT2D eigenvalue weighted by Gasteiger charge is -2.35. The fourth-order valence-corrected chi connectivity index (χ4v) is 3.83. The molecule has 6 nitrogen and oxygen atoms in total. The van der Waals surface area contributed by atoms with Crippen LogP contribution in [0.2, 0.25) is 5.02 Å². The summed E-state index contributed by atoms with van der Waals surface area (Å²) in [6.07, 6.45) is 1.32. The van der Waals surface area contributed by atoms with Crippen molar-refractivity contribution in [2.45, 2.75) is 19.8 Å². The van der Waals surface area contributed by atoms with Crippen molar-refractivity contribution in [3.8, 4) is 0 Å². The van der Waals surface area contributed by atoms with Gasteiger partial charge in [-0.25, -0.2) is 0 Å². The van der Waals surface area contributed by atoms with Gasteiger partial charge in [0, 0.05) is 31.6 Å². The van der Waals surface area contributed by atoms with Gasteiger partial charge in [-0.05, 0) is 38.0 Å². The van der Waals surface area contributed by atoms with E-state index in [9.17, 15) is 14.9 Å². The van der Waals surface area contributed by atoms with Crippen molar-refractivity contribution in [3.63, 3.8) is 0 Å². The van der Waals surface area contributed by atoms with Crippen LogP contribution in [0.15, 0.2) is 48.5 Å². The average molecular weight is 388 g/mol. The molecule has 7 heteroatoms. The predicted molar refractivity (Wildman–Crippen MR) is 108 cm³/mol. The van der Waals surface area contributed by atoms with E-state index in [4.69, 9.17) is 11.6 Å². The van der Waals surface area contributed by atoms with Crippen LogP contribution >= 0.6 is 11.6 Å². The maximum absolute atomic E-state index is 13.0. The molecule has 0 atom stereocenters. The van der Waals surface area contributed by atoms with Crippen LogP contribution in [0.3, 0.4) is 0 Å². The van der Waals surface area contributed by atoms with Gasteiger partial charge in [-0.2, -0.15) is 0 Å². The molecule has 0 radical (unpaired) electrons. The summed E-state index contributed by atoms with van der Waals surface area (Å²) in [6.45, 7) is 3.71. The first-order valence-electron chi connectivity index (χ1n) is 9.07. The van der Waals surface area contributed by atoms with Crippen LogP contribution in [0.25, 0.3) is 0 Å². The molecule has 0 spiro atoms. The molecule has 0 aliphatic carbocycles. The van der Waals surface area contributed by atoms with Crippen molar-refractivity contribution >= 4 is 34.6 Å². The number of nitro benzene ring substituents is 1. The first-order valence-corrected chi connectivity index (χ1v) is 9.45. The molecule has 0 saturated carbocycles. The number of carbonyl (C=O) groups is 1. The Labute approximate surface area is 163 Å². The van der Waals surface area contributed by atoms with Crippen molar-refractivity contribution in [1.29, 1.82) is 0 Å². The summed E-state index contributed by atoms with van der Waals surface area (Å²) >= 11 is 6.27. The number of hydrogen-bond donors (Lipinski definition) is 0. The van der Waals surface area contributed by atoms with E-state index in [0.29, 0.717) is 43.2 Å². The minimum Gasteiger partial charge on any atom is -0.366 e. The van der Waals surface area contributed by atoms with Crippen molar-refractivity contribution in [2.24, 2.45) is 5.92 Å². The quantitative estimate of drug-likeness (QED) is 0.559. The summed E-state index contributed by atoms with van der Waals surface area (Å²) in [6, 6.07) is 14.1. The van der Waals surface area contributed by atoms with E-state index in [1.165, 1.54) is 6.07 Å². The van der Waals surface area contributed by atoms with Crippen LogP contribution in [0, 0.1) is 16.0 Å². The molecule has 1 fully saturated rings. The lowest BCUT2D eigenvalue weighted by atomic mass is 9.94. The number of nitro groups is 1. The molecular formula is C20H22ClN3O3. The van der Waals surface area contributed by atoms with Gasteiger partial charge in [0.1, 0.15) is 5.69 Å². The molecular weight excluding hydrogens is 366 g/mol. The summed E-state index contributed by atoms with van der Waals surface area (Å²) in [5.74, 6) is -0.0481. The van der Waals surface area contributed by atoms with Gasteiger partial charge in [-0.3, -0.25) is 14.9 Å². The van der Waals surface area contributed by atoms with Crippen molar-refractivity contribution < 1.29 is 9.72 Å². The molecule has 0 unspecified atom stereocenters.